The minimum absolute atomic E-state index is 0.419. The molecule has 0 amide bonds. The van der Waals surface area contributed by atoms with Crippen LogP contribution < -0.4 is 20.2 Å². The highest BCUT2D eigenvalue weighted by atomic mass is 15.5. The lowest BCUT2D eigenvalue weighted by atomic mass is 10.2. The highest BCUT2D eigenvalue weighted by Crippen LogP contribution is 2.12. The maximum absolute atomic E-state index is 6.14. The van der Waals surface area contributed by atoms with E-state index >= 15 is 0 Å². The third-order valence-electron chi connectivity index (χ3n) is 4.30. The Bertz CT molecular complexity index is 886. The number of hydrogen-bond donors (Lipinski definition) is 1. The zero-order valence-electron chi connectivity index (χ0n) is 16.7. The van der Waals surface area contributed by atoms with Gasteiger partial charge in [0.15, 0.2) is 0 Å². The minimum Gasteiger partial charge on any atom is -0.378 e. The third kappa shape index (κ3) is 4.56. The molecule has 7 nitrogen and oxygen atoms in total. The molecule has 3 rings (SSSR count). The molecule has 0 saturated carbocycles. The van der Waals surface area contributed by atoms with E-state index in [1.54, 1.807) is 34.2 Å². The van der Waals surface area contributed by atoms with Gasteiger partial charge < -0.3 is 9.80 Å². The summed E-state index contributed by atoms with van der Waals surface area (Å²) in [6, 6.07) is 16.3. The van der Waals surface area contributed by atoms with Gasteiger partial charge in [-0.05, 0) is 35.4 Å². The summed E-state index contributed by atoms with van der Waals surface area (Å²) in [5.74, 6) is 0.419. The Morgan fingerprint density at radius 3 is 1.82 bits per heavy atom. The lowest BCUT2D eigenvalue weighted by Crippen LogP contribution is -2.30. The third-order valence-corrected chi connectivity index (χ3v) is 4.30. The molecule has 0 bridgehead atoms. The minimum atomic E-state index is 0.419. The molecule has 0 fully saturated rings. The van der Waals surface area contributed by atoms with Crippen molar-refractivity contribution in [3.8, 4) is 0 Å². The number of anilines is 3. The Morgan fingerprint density at radius 2 is 1.32 bits per heavy atom. The molecule has 28 heavy (non-hydrogen) atoms. The van der Waals surface area contributed by atoms with E-state index in [4.69, 9.17) is 5.73 Å². The van der Waals surface area contributed by atoms with Gasteiger partial charge in [-0.3, -0.25) is 5.73 Å². The lowest BCUT2D eigenvalue weighted by molar-refractivity contribution is -0.662. The van der Waals surface area contributed by atoms with E-state index < -0.39 is 0 Å². The van der Waals surface area contributed by atoms with Crippen LogP contribution in [-0.4, -0.2) is 45.3 Å². The molecule has 0 unspecified atom stereocenters. The number of nitrogens with zero attached hydrogens (tertiary/aromatic N) is 6. The second-order valence-electron chi connectivity index (χ2n) is 6.81. The standard InChI is InChI=1S/C21H25N7/c1-25(2)19-9-5-17(6-10-19)15-23-27-13-14-28(21(27)22)24-16-18-7-11-20(12-8-18)26(3)4/h5-16,22H,1-4H3/p+1. The molecule has 0 aliphatic rings. The summed E-state index contributed by atoms with van der Waals surface area (Å²) in [6.45, 7) is 0. The fourth-order valence-corrected chi connectivity index (χ4v) is 2.55. The van der Waals surface area contributed by atoms with Gasteiger partial charge in [0.25, 0.3) is 0 Å². The molecule has 0 atom stereocenters. The molecule has 1 heterocycles. The fourth-order valence-electron chi connectivity index (χ4n) is 2.55. The van der Waals surface area contributed by atoms with Crippen LogP contribution in [-0.2, 0) is 0 Å². The van der Waals surface area contributed by atoms with Crippen LogP contribution >= 0.6 is 0 Å². The first-order valence-corrected chi connectivity index (χ1v) is 8.96. The van der Waals surface area contributed by atoms with E-state index in [1.165, 1.54) is 0 Å². The average Bonchev–Trinajstić information content (AvgIpc) is 3.05. The summed E-state index contributed by atoms with van der Waals surface area (Å²) < 4.78 is 3.18. The van der Waals surface area contributed by atoms with Crippen molar-refractivity contribution in [3.05, 3.63) is 72.1 Å². The van der Waals surface area contributed by atoms with Crippen LogP contribution in [0.5, 0.6) is 0 Å². The largest absolute Gasteiger partial charge is 0.403 e. The molecule has 0 saturated heterocycles. The van der Waals surface area contributed by atoms with Gasteiger partial charge in [-0.2, -0.15) is 0 Å². The van der Waals surface area contributed by atoms with Gasteiger partial charge in [0.1, 0.15) is 12.4 Å². The summed E-state index contributed by atoms with van der Waals surface area (Å²) in [5, 5.41) is 8.82. The maximum atomic E-state index is 6.14. The molecule has 0 radical (unpaired) electrons. The zero-order valence-corrected chi connectivity index (χ0v) is 16.7. The van der Waals surface area contributed by atoms with Crippen molar-refractivity contribution in [1.82, 2.24) is 4.68 Å². The van der Waals surface area contributed by atoms with Crippen LogP contribution in [0.15, 0.2) is 71.1 Å². The molecule has 3 aromatic rings. The van der Waals surface area contributed by atoms with Crippen molar-refractivity contribution in [1.29, 1.82) is 0 Å². The van der Waals surface area contributed by atoms with Crippen molar-refractivity contribution in [2.45, 2.75) is 0 Å². The van der Waals surface area contributed by atoms with Crippen LogP contribution in [0.4, 0.5) is 17.3 Å². The number of hydrogen-bond acceptors (Lipinski definition) is 5. The van der Waals surface area contributed by atoms with Crippen LogP contribution in [0.25, 0.3) is 0 Å². The second kappa shape index (κ2) is 8.39. The van der Waals surface area contributed by atoms with E-state index in [0.717, 1.165) is 22.5 Å². The Morgan fingerprint density at radius 1 is 0.821 bits per heavy atom. The van der Waals surface area contributed by atoms with E-state index in [0.29, 0.717) is 5.95 Å². The molecule has 2 N–H and O–H groups in total. The van der Waals surface area contributed by atoms with Crippen LogP contribution in [0.2, 0.25) is 0 Å². The fraction of sp³-hybridized carbons (Fsp3) is 0.190. The monoisotopic (exact) mass is 376 g/mol. The number of benzene rings is 2. The smallest absolute Gasteiger partial charge is 0.378 e. The lowest BCUT2D eigenvalue weighted by Gasteiger charge is -2.11. The Kier molecular flexibility index (Phi) is 5.74. The van der Waals surface area contributed by atoms with Gasteiger partial charge in [0.2, 0.25) is 0 Å². The van der Waals surface area contributed by atoms with Gasteiger partial charge in [-0.25, -0.2) is 0 Å². The molecule has 7 heteroatoms. The molecular weight excluding hydrogens is 350 g/mol. The van der Waals surface area contributed by atoms with Crippen molar-refractivity contribution >= 4 is 29.8 Å². The van der Waals surface area contributed by atoms with Gasteiger partial charge in [-0.15, -0.1) is 19.6 Å². The van der Waals surface area contributed by atoms with Crippen LogP contribution in [0.1, 0.15) is 11.1 Å². The Labute approximate surface area is 165 Å². The van der Waals surface area contributed by atoms with Gasteiger partial charge in [0.05, 0.1) is 12.4 Å². The number of imidazole rings is 1. The first kappa shape index (κ1) is 19.2. The topological polar surface area (TPSA) is 66.0 Å². The van der Waals surface area contributed by atoms with Crippen LogP contribution in [0, 0.1) is 0 Å². The predicted octanol–water partition coefficient (Wildman–Crippen LogP) is 2.25. The predicted molar refractivity (Wildman–Crippen MR) is 117 cm³/mol. The number of aromatic nitrogens is 2. The summed E-state index contributed by atoms with van der Waals surface area (Å²) in [4.78, 5) is 4.11. The molecule has 144 valence electrons. The highest BCUT2D eigenvalue weighted by Gasteiger charge is 2.10. The molecule has 0 spiro atoms. The van der Waals surface area contributed by atoms with Gasteiger partial charge in [-0.1, -0.05) is 24.3 Å². The Hall–Kier alpha value is -3.61. The maximum Gasteiger partial charge on any atom is 0.403 e. The van der Waals surface area contributed by atoms with Gasteiger partial charge >= 0.3 is 5.95 Å². The summed E-state index contributed by atoms with van der Waals surface area (Å²) in [7, 11) is 8.05. The molecule has 0 aliphatic carbocycles. The first-order chi connectivity index (χ1) is 13.4. The normalized spacial score (nSPS) is 11.4. The number of rotatable bonds is 6. The highest BCUT2D eigenvalue weighted by molar-refractivity contribution is 5.80. The summed E-state index contributed by atoms with van der Waals surface area (Å²) >= 11 is 0. The van der Waals surface area contributed by atoms with E-state index in [2.05, 4.69) is 20.0 Å². The van der Waals surface area contributed by atoms with Crippen molar-refractivity contribution in [2.24, 2.45) is 10.2 Å². The first-order valence-electron chi connectivity index (χ1n) is 8.96. The molecule has 2 aromatic carbocycles. The second-order valence-corrected chi connectivity index (χ2v) is 6.81. The molecular formula is C21H26N7+. The van der Waals surface area contributed by atoms with Crippen molar-refractivity contribution in [3.63, 3.8) is 0 Å². The molecule has 1 aromatic heterocycles. The number of nitrogens with two attached hydrogens (primary N) is 1. The summed E-state index contributed by atoms with van der Waals surface area (Å²) in [6.07, 6.45) is 7.08. The molecule has 0 aliphatic heterocycles. The Balaban J connectivity index is 1.70. The van der Waals surface area contributed by atoms with Crippen molar-refractivity contribution in [2.75, 3.05) is 43.7 Å². The SMILES string of the molecule is CN(C)c1ccc(C=Nn2cc[n+](N=Cc3ccc(N(C)C)cc3)c2N)cc1. The van der Waals surface area contributed by atoms with Crippen LogP contribution in [0.3, 0.4) is 0 Å². The van der Waals surface area contributed by atoms with E-state index in [1.807, 2.05) is 76.7 Å². The van der Waals surface area contributed by atoms with E-state index in [-0.39, 0.29) is 0 Å². The summed E-state index contributed by atoms with van der Waals surface area (Å²) in [5.41, 5.74) is 10.4. The average molecular weight is 376 g/mol. The van der Waals surface area contributed by atoms with Crippen molar-refractivity contribution < 1.29 is 4.68 Å². The zero-order chi connectivity index (χ0) is 20.1. The number of nitrogen functional groups attached to an aromatic ring is 1. The quantitative estimate of drug-likeness (QED) is 0.530. The van der Waals surface area contributed by atoms with Gasteiger partial charge in [0, 0.05) is 39.6 Å². The van der Waals surface area contributed by atoms with E-state index in [9.17, 15) is 0 Å².